The monoisotopic (exact) mass is 451 g/mol. The molecule has 0 aliphatic carbocycles. The summed E-state index contributed by atoms with van der Waals surface area (Å²) in [5, 5.41) is 2.62. The third-order valence-electron chi connectivity index (χ3n) is 5.12. The first-order chi connectivity index (χ1) is 14.2. The first-order valence-corrected chi connectivity index (χ1v) is 11.2. The summed E-state index contributed by atoms with van der Waals surface area (Å²) in [7, 11) is -3.80. The highest BCUT2D eigenvalue weighted by Crippen LogP contribution is 2.27. The van der Waals surface area contributed by atoms with Crippen molar-refractivity contribution >= 4 is 44.3 Å². The summed E-state index contributed by atoms with van der Waals surface area (Å²) in [5.41, 5.74) is 1.91. The molecule has 0 saturated carbocycles. The Kier molecular flexibility index (Phi) is 5.52. The predicted molar refractivity (Wildman–Crippen MR) is 110 cm³/mol. The lowest BCUT2D eigenvalue weighted by Crippen LogP contribution is -2.41. The maximum absolute atomic E-state index is 13.3. The van der Waals surface area contributed by atoms with E-state index in [0.29, 0.717) is 35.5 Å². The number of nitrogens with one attached hydrogen (secondary N) is 1. The van der Waals surface area contributed by atoms with Gasteiger partial charge < -0.3 is 9.73 Å². The lowest BCUT2D eigenvalue weighted by Gasteiger charge is -2.30. The number of carbonyl (C=O) groups excluding carboxylic acids is 1. The number of piperidine rings is 1. The number of anilines is 1. The third kappa shape index (κ3) is 4.05. The van der Waals surface area contributed by atoms with E-state index < -0.39 is 15.8 Å². The van der Waals surface area contributed by atoms with Gasteiger partial charge in [-0.2, -0.15) is 4.31 Å². The Bertz CT molecular complexity index is 1220. The van der Waals surface area contributed by atoms with E-state index in [1.54, 1.807) is 25.1 Å². The molecule has 0 unspecified atom stereocenters. The van der Waals surface area contributed by atoms with Crippen molar-refractivity contribution in [2.45, 2.75) is 24.7 Å². The van der Waals surface area contributed by atoms with Crippen molar-refractivity contribution < 1.29 is 22.0 Å². The summed E-state index contributed by atoms with van der Waals surface area (Å²) in [5.74, 6) is -0.617. The zero-order chi connectivity index (χ0) is 21.5. The number of amides is 1. The molecule has 1 aliphatic heterocycles. The van der Waals surface area contributed by atoms with Crippen molar-refractivity contribution in [3.05, 3.63) is 53.1 Å². The number of rotatable bonds is 4. The zero-order valence-electron chi connectivity index (χ0n) is 16.1. The van der Waals surface area contributed by atoms with Gasteiger partial charge in [0.2, 0.25) is 15.9 Å². The molecule has 1 N–H and O–H groups in total. The number of oxazole rings is 1. The molecule has 10 heteroatoms. The van der Waals surface area contributed by atoms with Gasteiger partial charge in [-0.1, -0.05) is 11.6 Å². The Morgan fingerprint density at radius 2 is 1.97 bits per heavy atom. The highest BCUT2D eigenvalue weighted by molar-refractivity contribution is 7.89. The van der Waals surface area contributed by atoms with Crippen LogP contribution < -0.4 is 5.32 Å². The number of carbonyl (C=O) groups is 1. The van der Waals surface area contributed by atoms with E-state index in [0.717, 1.165) is 12.1 Å². The average Bonchev–Trinajstić information content (AvgIpc) is 3.09. The number of hydrogen-bond donors (Lipinski definition) is 1. The molecule has 1 fully saturated rings. The number of halogens is 2. The summed E-state index contributed by atoms with van der Waals surface area (Å²) in [4.78, 5) is 16.8. The van der Waals surface area contributed by atoms with Gasteiger partial charge in [0.25, 0.3) is 0 Å². The maximum Gasteiger partial charge on any atom is 0.243 e. The summed E-state index contributed by atoms with van der Waals surface area (Å²) >= 11 is 5.72. The SMILES string of the molecule is Cc1nc2cc(NC(=O)C3CCN(S(=O)(=O)c4ccc(F)c(Cl)c4)CC3)ccc2o1. The van der Waals surface area contributed by atoms with Crippen LogP contribution in [0.25, 0.3) is 11.1 Å². The molecule has 158 valence electrons. The Morgan fingerprint density at radius 3 is 2.67 bits per heavy atom. The van der Waals surface area contributed by atoms with Gasteiger partial charge >= 0.3 is 0 Å². The van der Waals surface area contributed by atoms with Gasteiger partial charge in [-0.15, -0.1) is 0 Å². The fraction of sp³-hybridized carbons (Fsp3) is 0.300. The van der Waals surface area contributed by atoms with Gasteiger partial charge in [0.05, 0.1) is 9.92 Å². The second-order valence-corrected chi connectivity index (χ2v) is 9.50. The smallest absolute Gasteiger partial charge is 0.243 e. The molecule has 2 aromatic carbocycles. The summed E-state index contributed by atoms with van der Waals surface area (Å²) in [6.45, 7) is 2.13. The van der Waals surface area contributed by atoms with Crippen LogP contribution in [0.2, 0.25) is 5.02 Å². The lowest BCUT2D eigenvalue weighted by molar-refractivity contribution is -0.120. The van der Waals surface area contributed by atoms with Crippen molar-refractivity contribution in [2.24, 2.45) is 5.92 Å². The van der Waals surface area contributed by atoms with E-state index in [-0.39, 0.29) is 34.8 Å². The molecule has 0 atom stereocenters. The molecule has 2 heterocycles. The Labute approximate surface area is 177 Å². The van der Waals surface area contributed by atoms with Gasteiger partial charge in [0.15, 0.2) is 11.5 Å². The Morgan fingerprint density at radius 1 is 1.23 bits per heavy atom. The van der Waals surface area contributed by atoms with Gasteiger partial charge in [0.1, 0.15) is 11.3 Å². The number of fused-ring (bicyclic) bond motifs is 1. The van der Waals surface area contributed by atoms with Crippen molar-refractivity contribution in [3.63, 3.8) is 0 Å². The van der Waals surface area contributed by atoms with E-state index in [9.17, 15) is 17.6 Å². The van der Waals surface area contributed by atoms with E-state index in [2.05, 4.69) is 10.3 Å². The van der Waals surface area contributed by atoms with Crippen molar-refractivity contribution in [2.75, 3.05) is 18.4 Å². The molecule has 1 aromatic heterocycles. The average molecular weight is 452 g/mol. The molecule has 7 nitrogen and oxygen atoms in total. The molecule has 1 aliphatic rings. The van der Waals surface area contributed by atoms with Crippen LogP contribution in [0.4, 0.5) is 10.1 Å². The summed E-state index contributed by atoms with van der Waals surface area (Å²) in [6.07, 6.45) is 0.761. The Hall–Kier alpha value is -2.49. The fourth-order valence-electron chi connectivity index (χ4n) is 3.51. The first-order valence-electron chi connectivity index (χ1n) is 9.37. The van der Waals surface area contributed by atoms with E-state index in [4.69, 9.17) is 16.0 Å². The topological polar surface area (TPSA) is 92.5 Å². The summed E-state index contributed by atoms with van der Waals surface area (Å²) < 4.78 is 45.6. The number of hydrogen-bond acceptors (Lipinski definition) is 5. The number of aromatic nitrogens is 1. The van der Waals surface area contributed by atoms with Gasteiger partial charge in [-0.05, 0) is 49.2 Å². The number of benzene rings is 2. The maximum atomic E-state index is 13.3. The van der Waals surface area contributed by atoms with Crippen molar-refractivity contribution in [1.82, 2.24) is 9.29 Å². The second-order valence-electron chi connectivity index (χ2n) is 7.16. The minimum atomic E-state index is -3.80. The van der Waals surface area contributed by atoms with Gasteiger partial charge in [-0.3, -0.25) is 4.79 Å². The van der Waals surface area contributed by atoms with Crippen LogP contribution in [0.3, 0.4) is 0 Å². The quantitative estimate of drug-likeness (QED) is 0.648. The van der Waals surface area contributed by atoms with Crippen LogP contribution in [0.5, 0.6) is 0 Å². The molecule has 1 amide bonds. The molecule has 0 radical (unpaired) electrons. The standard InChI is InChI=1S/C20H19ClFN3O4S/c1-12-23-18-10-14(2-5-19(18)29-12)24-20(26)13-6-8-25(9-7-13)30(27,28)15-3-4-17(22)16(21)11-15/h2-5,10-11,13H,6-9H2,1H3,(H,24,26). The van der Waals surface area contributed by atoms with Crippen LogP contribution in [0, 0.1) is 18.7 Å². The minimum Gasteiger partial charge on any atom is -0.441 e. The van der Waals surface area contributed by atoms with Crippen molar-refractivity contribution in [3.8, 4) is 0 Å². The Balaban J connectivity index is 1.40. The van der Waals surface area contributed by atoms with Crippen LogP contribution in [0.1, 0.15) is 18.7 Å². The van der Waals surface area contributed by atoms with Crippen LogP contribution in [-0.4, -0.2) is 36.7 Å². The van der Waals surface area contributed by atoms with Crippen LogP contribution >= 0.6 is 11.6 Å². The zero-order valence-corrected chi connectivity index (χ0v) is 17.6. The van der Waals surface area contributed by atoms with Gasteiger partial charge in [0, 0.05) is 31.6 Å². The van der Waals surface area contributed by atoms with E-state index >= 15 is 0 Å². The van der Waals surface area contributed by atoms with E-state index in [1.165, 1.54) is 10.4 Å². The normalized spacial score (nSPS) is 16.1. The fourth-order valence-corrected chi connectivity index (χ4v) is 5.25. The van der Waals surface area contributed by atoms with Crippen LogP contribution in [0.15, 0.2) is 45.7 Å². The molecule has 0 bridgehead atoms. The highest BCUT2D eigenvalue weighted by Gasteiger charge is 2.32. The highest BCUT2D eigenvalue weighted by atomic mass is 35.5. The van der Waals surface area contributed by atoms with E-state index in [1.807, 2.05) is 0 Å². The number of nitrogens with zero attached hydrogens (tertiary/aromatic N) is 2. The summed E-state index contributed by atoms with van der Waals surface area (Å²) in [6, 6.07) is 8.55. The number of sulfonamides is 1. The molecule has 0 spiro atoms. The first kappa shape index (κ1) is 20.8. The molecule has 1 saturated heterocycles. The van der Waals surface area contributed by atoms with Crippen LogP contribution in [-0.2, 0) is 14.8 Å². The molecule has 3 aromatic rings. The molecule has 4 rings (SSSR count). The van der Waals surface area contributed by atoms with Crippen molar-refractivity contribution in [1.29, 1.82) is 0 Å². The number of aryl methyl sites for hydroxylation is 1. The molecular formula is C20H19ClFN3O4S. The molecule has 30 heavy (non-hydrogen) atoms. The minimum absolute atomic E-state index is 0.0620. The molecular weight excluding hydrogens is 433 g/mol. The lowest BCUT2D eigenvalue weighted by atomic mass is 9.97. The van der Waals surface area contributed by atoms with Gasteiger partial charge in [-0.25, -0.2) is 17.8 Å². The predicted octanol–water partition coefficient (Wildman–Crippen LogP) is 3.97. The largest absolute Gasteiger partial charge is 0.441 e. The second kappa shape index (κ2) is 7.98. The third-order valence-corrected chi connectivity index (χ3v) is 7.30.